The number of nitrogens with zero attached hydrogens (tertiary/aromatic N) is 2. The van der Waals surface area contributed by atoms with E-state index in [1.165, 1.54) is 0 Å². The SMILES string of the molecule is CNc1cnccc1C(=O)Nc1ccnc(C)c1. The lowest BCUT2D eigenvalue weighted by atomic mass is 10.2. The van der Waals surface area contributed by atoms with Gasteiger partial charge < -0.3 is 10.6 Å². The highest BCUT2D eigenvalue weighted by atomic mass is 16.1. The Morgan fingerprint density at radius 2 is 2.11 bits per heavy atom. The first-order valence-corrected chi connectivity index (χ1v) is 5.56. The molecular formula is C13H14N4O. The number of nitrogens with one attached hydrogen (secondary N) is 2. The van der Waals surface area contributed by atoms with Crippen LogP contribution in [0.3, 0.4) is 0 Å². The van der Waals surface area contributed by atoms with Crippen molar-refractivity contribution in [2.75, 3.05) is 17.7 Å². The maximum absolute atomic E-state index is 12.1. The van der Waals surface area contributed by atoms with Gasteiger partial charge in [-0.1, -0.05) is 0 Å². The fraction of sp³-hybridized carbons (Fsp3) is 0.154. The number of aryl methyl sites for hydroxylation is 1. The second kappa shape index (κ2) is 5.27. The number of pyridine rings is 2. The summed E-state index contributed by atoms with van der Waals surface area (Å²) in [6.45, 7) is 1.88. The van der Waals surface area contributed by atoms with Crippen LogP contribution in [0.2, 0.25) is 0 Å². The molecule has 2 aromatic heterocycles. The van der Waals surface area contributed by atoms with Gasteiger partial charge in [-0.15, -0.1) is 0 Å². The van der Waals surface area contributed by atoms with Crippen LogP contribution in [0.25, 0.3) is 0 Å². The summed E-state index contributed by atoms with van der Waals surface area (Å²) in [5.41, 5.74) is 2.84. The summed E-state index contributed by atoms with van der Waals surface area (Å²) in [6, 6.07) is 5.25. The van der Waals surface area contributed by atoms with Gasteiger partial charge in [0.25, 0.3) is 5.91 Å². The Morgan fingerprint density at radius 1 is 1.28 bits per heavy atom. The molecule has 2 rings (SSSR count). The van der Waals surface area contributed by atoms with Crippen LogP contribution in [0.15, 0.2) is 36.8 Å². The van der Waals surface area contributed by atoms with Crippen LogP contribution in [-0.4, -0.2) is 22.9 Å². The van der Waals surface area contributed by atoms with Crippen molar-refractivity contribution in [3.63, 3.8) is 0 Å². The third-order valence-electron chi connectivity index (χ3n) is 2.49. The molecule has 0 saturated heterocycles. The summed E-state index contributed by atoms with van der Waals surface area (Å²) in [5, 5.41) is 5.76. The maximum atomic E-state index is 12.1. The lowest BCUT2D eigenvalue weighted by Gasteiger charge is -2.09. The van der Waals surface area contributed by atoms with Crippen molar-refractivity contribution < 1.29 is 4.79 Å². The molecule has 0 unspecified atom stereocenters. The molecule has 2 heterocycles. The second-order valence-electron chi connectivity index (χ2n) is 3.81. The van der Waals surface area contributed by atoms with Crippen LogP contribution < -0.4 is 10.6 Å². The number of amides is 1. The average molecular weight is 242 g/mol. The normalized spacial score (nSPS) is 9.89. The average Bonchev–Trinajstić information content (AvgIpc) is 2.38. The number of anilines is 2. The van der Waals surface area contributed by atoms with Crippen molar-refractivity contribution >= 4 is 17.3 Å². The largest absolute Gasteiger partial charge is 0.386 e. The standard InChI is InChI=1S/C13H14N4O/c1-9-7-10(3-6-16-9)17-13(18)11-4-5-15-8-12(11)14-2/h3-8,14H,1-2H3,(H,16,17,18). The van der Waals surface area contributed by atoms with E-state index in [4.69, 9.17) is 0 Å². The Kier molecular flexibility index (Phi) is 3.52. The van der Waals surface area contributed by atoms with E-state index in [1.54, 1.807) is 37.8 Å². The summed E-state index contributed by atoms with van der Waals surface area (Å²) in [6.07, 6.45) is 4.87. The van der Waals surface area contributed by atoms with Crippen molar-refractivity contribution in [1.29, 1.82) is 0 Å². The fourth-order valence-corrected chi connectivity index (χ4v) is 1.61. The van der Waals surface area contributed by atoms with Gasteiger partial charge in [0.15, 0.2) is 0 Å². The number of hydrogen-bond donors (Lipinski definition) is 2. The molecule has 0 fully saturated rings. The maximum Gasteiger partial charge on any atom is 0.257 e. The van der Waals surface area contributed by atoms with Crippen molar-refractivity contribution in [3.05, 3.63) is 48.0 Å². The van der Waals surface area contributed by atoms with Gasteiger partial charge in [-0.2, -0.15) is 0 Å². The minimum absolute atomic E-state index is 0.174. The highest BCUT2D eigenvalue weighted by Crippen LogP contribution is 2.15. The Labute approximate surface area is 105 Å². The molecule has 0 saturated carbocycles. The fourth-order valence-electron chi connectivity index (χ4n) is 1.61. The van der Waals surface area contributed by atoms with Crippen LogP contribution in [0.1, 0.15) is 16.1 Å². The van der Waals surface area contributed by atoms with Gasteiger partial charge in [0.1, 0.15) is 0 Å². The number of rotatable bonds is 3. The zero-order valence-corrected chi connectivity index (χ0v) is 10.3. The smallest absolute Gasteiger partial charge is 0.257 e. The van der Waals surface area contributed by atoms with E-state index >= 15 is 0 Å². The van der Waals surface area contributed by atoms with Gasteiger partial charge in [-0.05, 0) is 25.1 Å². The Hall–Kier alpha value is -2.43. The highest BCUT2D eigenvalue weighted by Gasteiger charge is 2.10. The number of aromatic nitrogens is 2. The first kappa shape index (κ1) is 12.0. The van der Waals surface area contributed by atoms with Crippen molar-refractivity contribution in [3.8, 4) is 0 Å². The minimum atomic E-state index is -0.174. The molecule has 0 aromatic carbocycles. The number of carbonyl (C=O) groups is 1. The van der Waals surface area contributed by atoms with E-state index in [0.29, 0.717) is 11.3 Å². The van der Waals surface area contributed by atoms with Gasteiger partial charge in [0.2, 0.25) is 0 Å². The molecule has 18 heavy (non-hydrogen) atoms. The van der Waals surface area contributed by atoms with Crippen molar-refractivity contribution in [1.82, 2.24) is 9.97 Å². The monoisotopic (exact) mass is 242 g/mol. The topological polar surface area (TPSA) is 66.9 Å². The van der Waals surface area contributed by atoms with E-state index < -0.39 is 0 Å². The summed E-state index contributed by atoms with van der Waals surface area (Å²) in [7, 11) is 1.75. The molecule has 92 valence electrons. The van der Waals surface area contributed by atoms with Gasteiger partial charge in [-0.25, -0.2) is 0 Å². The predicted octanol–water partition coefficient (Wildman–Crippen LogP) is 2.08. The lowest BCUT2D eigenvalue weighted by Crippen LogP contribution is -2.14. The summed E-state index contributed by atoms with van der Waals surface area (Å²) >= 11 is 0. The number of hydrogen-bond acceptors (Lipinski definition) is 4. The van der Waals surface area contributed by atoms with Gasteiger partial charge >= 0.3 is 0 Å². The van der Waals surface area contributed by atoms with E-state index in [1.807, 2.05) is 13.0 Å². The molecule has 0 spiro atoms. The lowest BCUT2D eigenvalue weighted by molar-refractivity contribution is 0.102. The zero-order chi connectivity index (χ0) is 13.0. The number of carbonyl (C=O) groups excluding carboxylic acids is 1. The quantitative estimate of drug-likeness (QED) is 0.864. The van der Waals surface area contributed by atoms with Crippen LogP contribution in [0.4, 0.5) is 11.4 Å². The van der Waals surface area contributed by atoms with Crippen LogP contribution in [0, 0.1) is 6.92 Å². The zero-order valence-electron chi connectivity index (χ0n) is 10.3. The predicted molar refractivity (Wildman–Crippen MR) is 70.7 cm³/mol. The highest BCUT2D eigenvalue weighted by molar-refractivity contribution is 6.07. The van der Waals surface area contributed by atoms with Gasteiger partial charge in [-0.3, -0.25) is 14.8 Å². The Balaban J connectivity index is 2.22. The van der Waals surface area contributed by atoms with E-state index in [0.717, 1.165) is 11.4 Å². The molecule has 5 heteroatoms. The summed E-state index contributed by atoms with van der Waals surface area (Å²) in [4.78, 5) is 20.2. The van der Waals surface area contributed by atoms with E-state index in [2.05, 4.69) is 20.6 Å². The van der Waals surface area contributed by atoms with Crippen molar-refractivity contribution in [2.45, 2.75) is 6.92 Å². The van der Waals surface area contributed by atoms with Crippen LogP contribution >= 0.6 is 0 Å². The molecule has 5 nitrogen and oxygen atoms in total. The van der Waals surface area contributed by atoms with E-state index in [9.17, 15) is 4.79 Å². The summed E-state index contributed by atoms with van der Waals surface area (Å²) in [5.74, 6) is -0.174. The molecule has 0 aliphatic heterocycles. The molecule has 0 atom stereocenters. The van der Waals surface area contributed by atoms with Crippen LogP contribution in [0.5, 0.6) is 0 Å². The Morgan fingerprint density at radius 3 is 2.83 bits per heavy atom. The van der Waals surface area contributed by atoms with Gasteiger partial charge in [0.05, 0.1) is 17.4 Å². The molecule has 1 amide bonds. The third-order valence-corrected chi connectivity index (χ3v) is 2.49. The molecular weight excluding hydrogens is 228 g/mol. The molecule has 2 N–H and O–H groups in total. The van der Waals surface area contributed by atoms with Crippen molar-refractivity contribution in [2.24, 2.45) is 0 Å². The molecule has 0 radical (unpaired) electrons. The van der Waals surface area contributed by atoms with E-state index in [-0.39, 0.29) is 5.91 Å². The molecule has 2 aromatic rings. The summed E-state index contributed by atoms with van der Waals surface area (Å²) < 4.78 is 0. The molecule has 0 aliphatic carbocycles. The first-order valence-electron chi connectivity index (χ1n) is 5.56. The molecule has 0 bridgehead atoms. The van der Waals surface area contributed by atoms with Crippen LogP contribution in [-0.2, 0) is 0 Å². The first-order chi connectivity index (χ1) is 8.70. The third kappa shape index (κ3) is 2.63. The van der Waals surface area contributed by atoms with Gasteiger partial charge in [0, 0.05) is 30.8 Å². The minimum Gasteiger partial charge on any atom is -0.386 e. The molecule has 0 aliphatic rings. The second-order valence-corrected chi connectivity index (χ2v) is 3.81. The Bertz CT molecular complexity index is 568.